The molecule has 0 rings (SSSR count). The largest absolute Gasteiger partial charge is 0.0999 e. The van der Waals surface area contributed by atoms with Gasteiger partial charge in [-0.15, -0.1) is 0 Å². The van der Waals surface area contributed by atoms with Crippen LogP contribution in [0, 0.1) is 0 Å². The predicted molar refractivity (Wildman–Crippen MR) is 127 cm³/mol. The summed E-state index contributed by atoms with van der Waals surface area (Å²) in [5, 5.41) is 0. The number of rotatable bonds is 22. The molecule has 0 aromatic carbocycles. The number of unbranched alkanes of at least 4 members (excludes halogenated alkanes) is 16. The number of hydrogen-bond donors (Lipinski definition) is 0. The Hall–Kier alpha value is -0.520. The molecule has 0 fully saturated rings. The van der Waals surface area contributed by atoms with Crippen molar-refractivity contribution in [3.63, 3.8) is 0 Å². The zero-order chi connectivity index (χ0) is 19.8. The van der Waals surface area contributed by atoms with Crippen molar-refractivity contribution >= 4 is 0 Å². The molecule has 0 radical (unpaired) electrons. The Morgan fingerprint density at radius 1 is 0.481 bits per heavy atom. The van der Waals surface area contributed by atoms with Crippen molar-refractivity contribution in [2.75, 3.05) is 0 Å². The van der Waals surface area contributed by atoms with Crippen molar-refractivity contribution in [2.45, 2.75) is 149 Å². The van der Waals surface area contributed by atoms with Crippen LogP contribution >= 0.6 is 0 Å². The molecule has 0 atom stereocenters. The molecule has 0 aromatic rings. The van der Waals surface area contributed by atoms with Gasteiger partial charge in [0.1, 0.15) is 0 Å². The summed E-state index contributed by atoms with van der Waals surface area (Å²) in [7, 11) is 0. The summed E-state index contributed by atoms with van der Waals surface area (Å²) in [5.41, 5.74) is 1.50. The molecule has 0 N–H and O–H groups in total. The van der Waals surface area contributed by atoms with Crippen LogP contribution in [0.1, 0.15) is 149 Å². The number of allylic oxidation sites excluding steroid dienone is 3. The third-order valence-corrected chi connectivity index (χ3v) is 5.68. The van der Waals surface area contributed by atoms with Crippen LogP contribution in [0.4, 0.5) is 0 Å². The van der Waals surface area contributed by atoms with E-state index in [2.05, 4.69) is 32.6 Å². The molecule has 160 valence electrons. The normalized spacial score (nSPS) is 11.5. The summed E-state index contributed by atoms with van der Waals surface area (Å²) in [5.74, 6) is 0. The first kappa shape index (κ1) is 26.5. The van der Waals surface area contributed by atoms with Gasteiger partial charge < -0.3 is 0 Å². The van der Waals surface area contributed by atoms with Gasteiger partial charge in [-0.3, -0.25) is 0 Å². The monoisotopic (exact) mass is 376 g/mol. The Morgan fingerprint density at radius 2 is 0.815 bits per heavy atom. The SMILES string of the molecule is C=C(CCCCCCC)CCCCCCCC/C=C\CCCCCCCC. The van der Waals surface area contributed by atoms with Crippen LogP contribution in [0.2, 0.25) is 0 Å². The highest BCUT2D eigenvalue weighted by Crippen LogP contribution is 2.17. The minimum absolute atomic E-state index is 1.27. The van der Waals surface area contributed by atoms with Gasteiger partial charge in [-0.2, -0.15) is 0 Å². The van der Waals surface area contributed by atoms with Crippen LogP contribution in [0.25, 0.3) is 0 Å². The van der Waals surface area contributed by atoms with Gasteiger partial charge in [0.2, 0.25) is 0 Å². The van der Waals surface area contributed by atoms with E-state index in [9.17, 15) is 0 Å². The lowest BCUT2D eigenvalue weighted by Gasteiger charge is -2.06. The van der Waals surface area contributed by atoms with Gasteiger partial charge in [0, 0.05) is 0 Å². The van der Waals surface area contributed by atoms with Gasteiger partial charge in [0.15, 0.2) is 0 Å². The Morgan fingerprint density at radius 3 is 1.22 bits per heavy atom. The molecule has 0 heteroatoms. The molecule has 0 saturated heterocycles. The Bertz CT molecular complexity index is 312. The molecule has 0 aromatic heterocycles. The second kappa shape index (κ2) is 23.5. The van der Waals surface area contributed by atoms with Crippen LogP contribution in [-0.4, -0.2) is 0 Å². The van der Waals surface area contributed by atoms with E-state index < -0.39 is 0 Å². The van der Waals surface area contributed by atoms with Gasteiger partial charge in [0.05, 0.1) is 0 Å². The molecule has 0 aliphatic rings. The summed E-state index contributed by atoms with van der Waals surface area (Å²) in [6.45, 7) is 8.85. The molecular formula is C27H52. The average Bonchev–Trinajstić information content (AvgIpc) is 2.67. The van der Waals surface area contributed by atoms with E-state index in [0.29, 0.717) is 0 Å². The topological polar surface area (TPSA) is 0 Å². The first-order valence-corrected chi connectivity index (χ1v) is 12.6. The third-order valence-electron chi connectivity index (χ3n) is 5.68. The zero-order valence-electron chi connectivity index (χ0n) is 19.2. The van der Waals surface area contributed by atoms with E-state index in [1.807, 2.05) is 0 Å². The van der Waals surface area contributed by atoms with Crippen molar-refractivity contribution in [3.05, 3.63) is 24.3 Å². The van der Waals surface area contributed by atoms with E-state index >= 15 is 0 Å². The van der Waals surface area contributed by atoms with Gasteiger partial charge >= 0.3 is 0 Å². The fourth-order valence-electron chi connectivity index (χ4n) is 3.73. The first-order chi connectivity index (χ1) is 13.3. The highest BCUT2D eigenvalue weighted by molar-refractivity contribution is 4.93. The second-order valence-corrected chi connectivity index (χ2v) is 8.60. The Labute approximate surface area is 173 Å². The highest BCUT2D eigenvalue weighted by atomic mass is 14.0. The van der Waals surface area contributed by atoms with Crippen molar-refractivity contribution in [1.29, 1.82) is 0 Å². The standard InChI is InChI=1S/C27H52/c1-4-6-8-10-11-12-13-14-15-16-17-18-19-20-22-24-26-27(3)25-23-21-9-7-5-2/h14-15H,3-13,16-26H2,1-2H3/b15-14-. The summed E-state index contributed by atoms with van der Waals surface area (Å²) in [4.78, 5) is 0. The Balaban J connectivity index is 3.17. The van der Waals surface area contributed by atoms with Gasteiger partial charge in [-0.1, -0.05) is 122 Å². The first-order valence-electron chi connectivity index (χ1n) is 12.6. The van der Waals surface area contributed by atoms with E-state index in [4.69, 9.17) is 0 Å². The zero-order valence-corrected chi connectivity index (χ0v) is 19.2. The van der Waals surface area contributed by atoms with Crippen LogP contribution in [0.3, 0.4) is 0 Å². The molecule has 0 amide bonds. The maximum absolute atomic E-state index is 4.27. The van der Waals surface area contributed by atoms with Crippen LogP contribution in [0.15, 0.2) is 24.3 Å². The van der Waals surface area contributed by atoms with Gasteiger partial charge in [-0.05, 0) is 51.4 Å². The third kappa shape index (κ3) is 23.4. The molecule has 0 nitrogen and oxygen atoms in total. The Kier molecular flexibility index (Phi) is 23.1. The summed E-state index contributed by atoms with van der Waals surface area (Å²) < 4.78 is 0. The fraction of sp³-hybridized carbons (Fsp3) is 0.852. The lowest BCUT2D eigenvalue weighted by atomic mass is 10.0. The molecule has 0 aliphatic carbocycles. The van der Waals surface area contributed by atoms with Crippen molar-refractivity contribution < 1.29 is 0 Å². The summed E-state index contributed by atoms with van der Waals surface area (Å²) in [6, 6.07) is 0. The molecular weight excluding hydrogens is 324 g/mol. The van der Waals surface area contributed by atoms with Gasteiger partial charge in [0.25, 0.3) is 0 Å². The average molecular weight is 377 g/mol. The minimum atomic E-state index is 1.27. The second-order valence-electron chi connectivity index (χ2n) is 8.60. The van der Waals surface area contributed by atoms with Crippen molar-refractivity contribution in [3.8, 4) is 0 Å². The molecule has 0 unspecified atom stereocenters. The van der Waals surface area contributed by atoms with E-state index in [1.165, 1.54) is 140 Å². The van der Waals surface area contributed by atoms with Crippen LogP contribution in [0.5, 0.6) is 0 Å². The molecule has 0 bridgehead atoms. The molecule has 27 heavy (non-hydrogen) atoms. The lowest BCUT2D eigenvalue weighted by Crippen LogP contribution is -1.86. The van der Waals surface area contributed by atoms with Gasteiger partial charge in [-0.25, -0.2) is 0 Å². The van der Waals surface area contributed by atoms with E-state index in [-0.39, 0.29) is 0 Å². The number of hydrogen-bond acceptors (Lipinski definition) is 0. The maximum Gasteiger partial charge on any atom is -0.0323 e. The predicted octanol–water partition coefficient (Wildman–Crippen LogP) is 10.3. The van der Waals surface area contributed by atoms with Crippen molar-refractivity contribution in [2.24, 2.45) is 0 Å². The van der Waals surface area contributed by atoms with Crippen LogP contribution in [-0.2, 0) is 0 Å². The maximum atomic E-state index is 4.27. The quantitative estimate of drug-likeness (QED) is 0.130. The molecule has 0 spiro atoms. The van der Waals surface area contributed by atoms with Crippen molar-refractivity contribution in [1.82, 2.24) is 0 Å². The summed E-state index contributed by atoms with van der Waals surface area (Å²) in [6.07, 6.45) is 33.8. The summed E-state index contributed by atoms with van der Waals surface area (Å²) >= 11 is 0. The molecule has 0 aliphatic heterocycles. The van der Waals surface area contributed by atoms with E-state index in [0.717, 1.165) is 0 Å². The molecule has 0 saturated carbocycles. The van der Waals surface area contributed by atoms with E-state index in [1.54, 1.807) is 0 Å². The molecule has 0 heterocycles. The lowest BCUT2D eigenvalue weighted by molar-refractivity contribution is 0.583. The fourth-order valence-corrected chi connectivity index (χ4v) is 3.73. The smallest absolute Gasteiger partial charge is 0.0323 e. The van der Waals surface area contributed by atoms with Crippen LogP contribution < -0.4 is 0 Å². The minimum Gasteiger partial charge on any atom is -0.0999 e. The highest BCUT2D eigenvalue weighted by Gasteiger charge is 1.97.